The van der Waals surface area contributed by atoms with Crippen LogP contribution < -0.4 is 4.74 Å². The lowest BCUT2D eigenvalue weighted by Gasteiger charge is -2.34. The van der Waals surface area contributed by atoms with Crippen LogP contribution in [0.25, 0.3) is 10.2 Å². The molecule has 0 aliphatic carbocycles. The Labute approximate surface area is 191 Å². The molecule has 1 amide bonds. The molecule has 0 atom stereocenters. The number of thiazole rings is 1. The second-order valence-electron chi connectivity index (χ2n) is 7.90. The van der Waals surface area contributed by atoms with Crippen molar-refractivity contribution in [3.8, 4) is 5.75 Å². The Morgan fingerprint density at radius 2 is 1.59 bits per heavy atom. The molecule has 1 aliphatic heterocycles. The normalized spacial score (nSPS) is 14.6. The van der Waals surface area contributed by atoms with E-state index in [1.54, 1.807) is 11.3 Å². The minimum absolute atomic E-state index is 0.0805. The number of para-hydroxylation sites is 2. The fraction of sp³-hybridized carbons (Fsp3) is 0.231. The first-order valence-electron chi connectivity index (χ1n) is 10.9. The molecule has 162 valence electrons. The van der Waals surface area contributed by atoms with Crippen molar-refractivity contribution in [1.29, 1.82) is 0 Å². The molecule has 0 radical (unpaired) electrons. The van der Waals surface area contributed by atoms with E-state index >= 15 is 0 Å². The average Bonchev–Trinajstić information content (AvgIpc) is 3.26. The third-order valence-corrected chi connectivity index (χ3v) is 6.76. The summed E-state index contributed by atoms with van der Waals surface area (Å²) in [5.74, 6) is 0.884. The molecule has 1 saturated heterocycles. The number of rotatable bonds is 6. The zero-order valence-electron chi connectivity index (χ0n) is 17.8. The molecule has 0 N–H and O–H groups in total. The highest BCUT2D eigenvalue weighted by Crippen LogP contribution is 2.23. The van der Waals surface area contributed by atoms with E-state index in [1.807, 2.05) is 65.6 Å². The van der Waals surface area contributed by atoms with Crippen molar-refractivity contribution in [2.24, 2.45) is 0 Å². The van der Waals surface area contributed by atoms with Gasteiger partial charge in [-0.15, -0.1) is 11.3 Å². The van der Waals surface area contributed by atoms with Crippen LogP contribution in [0.2, 0.25) is 0 Å². The first-order chi connectivity index (χ1) is 15.8. The van der Waals surface area contributed by atoms with E-state index in [0.717, 1.165) is 60.1 Å². The highest BCUT2D eigenvalue weighted by Gasteiger charge is 2.24. The van der Waals surface area contributed by atoms with Gasteiger partial charge >= 0.3 is 0 Å². The number of hydrogen-bond donors (Lipinski definition) is 0. The van der Waals surface area contributed by atoms with E-state index in [9.17, 15) is 4.79 Å². The second-order valence-corrected chi connectivity index (χ2v) is 9.02. The van der Waals surface area contributed by atoms with Crippen LogP contribution in [0.3, 0.4) is 0 Å². The molecule has 5 nitrogen and oxygen atoms in total. The Hall–Kier alpha value is -3.22. The number of hydrogen-bond acceptors (Lipinski definition) is 5. The van der Waals surface area contributed by atoms with Gasteiger partial charge in [-0.25, -0.2) is 4.98 Å². The molecule has 3 aromatic carbocycles. The van der Waals surface area contributed by atoms with Crippen LogP contribution >= 0.6 is 11.3 Å². The highest BCUT2D eigenvalue weighted by atomic mass is 32.1. The second kappa shape index (κ2) is 9.51. The summed E-state index contributed by atoms with van der Waals surface area (Å²) in [7, 11) is 0. The van der Waals surface area contributed by atoms with Gasteiger partial charge in [-0.3, -0.25) is 9.69 Å². The van der Waals surface area contributed by atoms with E-state index in [1.165, 1.54) is 4.70 Å². The predicted octanol–water partition coefficient (Wildman–Crippen LogP) is 4.83. The molecule has 0 spiro atoms. The molecule has 0 saturated carbocycles. The third-order valence-electron chi connectivity index (χ3n) is 5.74. The van der Waals surface area contributed by atoms with Gasteiger partial charge in [-0.2, -0.15) is 0 Å². The predicted molar refractivity (Wildman–Crippen MR) is 128 cm³/mol. The van der Waals surface area contributed by atoms with E-state index in [2.05, 4.69) is 23.1 Å². The van der Waals surface area contributed by atoms with Gasteiger partial charge in [0, 0.05) is 37.3 Å². The average molecular weight is 444 g/mol. The molecule has 1 aliphatic rings. The summed E-state index contributed by atoms with van der Waals surface area (Å²) in [6.07, 6.45) is 0. The van der Waals surface area contributed by atoms with Crippen LogP contribution in [-0.2, 0) is 13.2 Å². The van der Waals surface area contributed by atoms with Gasteiger partial charge in [0.1, 0.15) is 17.4 Å². The summed E-state index contributed by atoms with van der Waals surface area (Å²) in [4.78, 5) is 22.3. The molecule has 32 heavy (non-hydrogen) atoms. The van der Waals surface area contributed by atoms with Crippen LogP contribution in [-0.4, -0.2) is 46.9 Å². The van der Waals surface area contributed by atoms with Crippen molar-refractivity contribution in [2.45, 2.75) is 13.2 Å². The highest BCUT2D eigenvalue weighted by molar-refractivity contribution is 7.18. The zero-order chi connectivity index (χ0) is 21.8. The fourth-order valence-electron chi connectivity index (χ4n) is 3.99. The molecule has 1 aromatic heterocycles. The van der Waals surface area contributed by atoms with Gasteiger partial charge < -0.3 is 9.64 Å². The van der Waals surface area contributed by atoms with Crippen LogP contribution in [0.4, 0.5) is 0 Å². The maximum Gasteiger partial charge on any atom is 0.254 e. The summed E-state index contributed by atoms with van der Waals surface area (Å²) >= 11 is 1.75. The lowest BCUT2D eigenvalue weighted by atomic mass is 10.1. The zero-order valence-corrected chi connectivity index (χ0v) is 18.6. The summed E-state index contributed by atoms with van der Waals surface area (Å²) < 4.78 is 7.12. The van der Waals surface area contributed by atoms with Gasteiger partial charge in [-0.1, -0.05) is 48.5 Å². The van der Waals surface area contributed by atoms with E-state index < -0.39 is 0 Å². The maximum atomic E-state index is 13.3. The number of carbonyl (C=O) groups excluding carboxylic acids is 1. The smallest absolute Gasteiger partial charge is 0.254 e. The van der Waals surface area contributed by atoms with Crippen molar-refractivity contribution in [3.05, 3.63) is 95.0 Å². The van der Waals surface area contributed by atoms with Crippen molar-refractivity contribution >= 4 is 27.5 Å². The minimum atomic E-state index is 0.0805. The Morgan fingerprint density at radius 3 is 2.41 bits per heavy atom. The minimum Gasteiger partial charge on any atom is -0.489 e. The van der Waals surface area contributed by atoms with Crippen LogP contribution in [0.1, 0.15) is 20.9 Å². The Bertz CT molecular complexity index is 1170. The first-order valence-corrected chi connectivity index (χ1v) is 11.7. The van der Waals surface area contributed by atoms with Gasteiger partial charge in [-0.05, 0) is 30.3 Å². The number of carbonyl (C=O) groups is 1. The lowest BCUT2D eigenvalue weighted by Crippen LogP contribution is -2.48. The van der Waals surface area contributed by atoms with Crippen LogP contribution in [0.5, 0.6) is 5.75 Å². The van der Waals surface area contributed by atoms with E-state index in [4.69, 9.17) is 9.72 Å². The van der Waals surface area contributed by atoms with E-state index in [0.29, 0.717) is 6.61 Å². The molecular weight excluding hydrogens is 418 g/mol. The summed E-state index contributed by atoms with van der Waals surface area (Å²) in [6, 6.07) is 25.7. The number of nitrogens with zero attached hydrogens (tertiary/aromatic N) is 3. The third kappa shape index (κ3) is 4.66. The number of benzene rings is 3. The molecular formula is C26H25N3O2S. The molecule has 1 fully saturated rings. The molecule has 0 unspecified atom stereocenters. The van der Waals surface area contributed by atoms with Gasteiger partial charge in [0.15, 0.2) is 0 Å². The fourth-order valence-corrected chi connectivity index (χ4v) is 5.00. The summed E-state index contributed by atoms with van der Waals surface area (Å²) in [6.45, 7) is 4.36. The lowest BCUT2D eigenvalue weighted by molar-refractivity contribution is 0.0626. The Kier molecular flexibility index (Phi) is 6.14. The van der Waals surface area contributed by atoms with Crippen LogP contribution in [0.15, 0.2) is 78.9 Å². The number of aromatic nitrogens is 1. The van der Waals surface area contributed by atoms with Crippen molar-refractivity contribution in [1.82, 2.24) is 14.8 Å². The molecule has 4 aromatic rings. The van der Waals surface area contributed by atoms with Crippen molar-refractivity contribution in [3.63, 3.8) is 0 Å². The largest absolute Gasteiger partial charge is 0.489 e. The van der Waals surface area contributed by atoms with Gasteiger partial charge in [0.05, 0.1) is 16.8 Å². The first kappa shape index (κ1) is 20.7. The molecule has 6 heteroatoms. The number of amides is 1. The van der Waals surface area contributed by atoms with Crippen molar-refractivity contribution in [2.75, 3.05) is 26.2 Å². The summed E-state index contributed by atoms with van der Waals surface area (Å²) in [5, 5.41) is 1.13. The maximum absolute atomic E-state index is 13.3. The Morgan fingerprint density at radius 1 is 0.875 bits per heavy atom. The summed E-state index contributed by atoms with van der Waals surface area (Å²) in [5.41, 5.74) is 2.71. The molecule has 2 heterocycles. The van der Waals surface area contributed by atoms with Gasteiger partial charge in [0.25, 0.3) is 5.91 Å². The van der Waals surface area contributed by atoms with E-state index in [-0.39, 0.29) is 5.91 Å². The van der Waals surface area contributed by atoms with Gasteiger partial charge in [0.2, 0.25) is 0 Å². The SMILES string of the molecule is O=C(c1ccccc1COc1ccccc1)N1CCN(Cc2nc3ccccc3s2)CC1. The molecule has 0 bridgehead atoms. The standard InChI is InChI=1S/C26H25N3O2S/c30-26(22-11-5-4-8-20(22)19-31-21-9-2-1-3-10-21)29-16-14-28(15-17-29)18-25-27-23-12-6-7-13-24(23)32-25/h1-13H,14-19H2. The topological polar surface area (TPSA) is 45.7 Å². The number of piperazine rings is 1. The van der Waals surface area contributed by atoms with Crippen molar-refractivity contribution < 1.29 is 9.53 Å². The number of fused-ring (bicyclic) bond motifs is 1. The van der Waals surface area contributed by atoms with Crippen LogP contribution in [0, 0.1) is 0 Å². The molecule has 5 rings (SSSR count). The number of ether oxygens (including phenoxy) is 1. The monoisotopic (exact) mass is 443 g/mol. The Balaban J connectivity index is 1.20. The quantitative estimate of drug-likeness (QED) is 0.428.